The summed E-state index contributed by atoms with van der Waals surface area (Å²) in [6.07, 6.45) is 0. The minimum absolute atomic E-state index is 0.182. The largest absolute Gasteiger partial charge is 0.372 e. The van der Waals surface area contributed by atoms with Gasteiger partial charge in [0.1, 0.15) is 8.24 Å². The van der Waals surface area contributed by atoms with Crippen LogP contribution in [0.2, 0.25) is 19.6 Å². The van der Waals surface area contributed by atoms with Gasteiger partial charge in [-0.3, -0.25) is 4.79 Å². The van der Waals surface area contributed by atoms with E-state index in [1.165, 1.54) is 0 Å². The highest BCUT2D eigenvalue weighted by molar-refractivity contribution is 6.76. The monoisotopic (exact) mass is 217 g/mol. The van der Waals surface area contributed by atoms with E-state index in [-0.39, 0.29) is 5.91 Å². The van der Waals surface area contributed by atoms with Crippen molar-refractivity contribution in [1.29, 1.82) is 0 Å². The van der Waals surface area contributed by atoms with E-state index in [4.69, 9.17) is 0 Å². The number of amides is 1. The minimum atomic E-state index is -1.56. The lowest BCUT2D eigenvalue weighted by molar-refractivity contribution is -0.114. The molecule has 0 spiro atoms. The van der Waals surface area contributed by atoms with Gasteiger partial charge >= 0.3 is 0 Å². The number of hydrogen-bond acceptors (Lipinski definition) is 1. The fourth-order valence-corrected chi connectivity index (χ4v) is 1.77. The summed E-state index contributed by atoms with van der Waals surface area (Å²) >= 11 is 0. The number of carbonyl (C=O) groups excluding carboxylic acids is 1. The first-order valence-electron chi connectivity index (χ1n) is 4.86. The van der Waals surface area contributed by atoms with Crippen molar-refractivity contribution in [2.24, 2.45) is 0 Å². The van der Waals surface area contributed by atoms with Gasteiger partial charge in [-0.1, -0.05) is 43.8 Å². The number of rotatable bonds is 1. The molecule has 0 aliphatic carbocycles. The van der Waals surface area contributed by atoms with E-state index in [9.17, 15) is 4.79 Å². The summed E-state index contributed by atoms with van der Waals surface area (Å²) in [6.45, 7) is 6.19. The summed E-state index contributed by atoms with van der Waals surface area (Å²) in [6, 6.07) is 9.50. The highest BCUT2D eigenvalue weighted by Gasteiger charge is 2.14. The molecule has 0 aliphatic heterocycles. The van der Waals surface area contributed by atoms with Gasteiger partial charge < -0.3 is 4.98 Å². The minimum Gasteiger partial charge on any atom is -0.372 e. The van der Waals surface area contributed by atoms with Crippen LogP contribution in [0.15, 0.2) is 30.3 Å². The smallest absolute Gasteiger partial charge is 0.288 e. The fourth-order valence-electron chi connectivity index (χ4n) is 1.02. The molecule has 1 amide bonds. The summed E-state index contributed by atoms with van der Waals surface area (Å²) in [5.74, 6) is 5.23. The highest BCUT2D eigenvalue weighted by atomic mass is 28.3. The van der Waals surface area contributed by atoms with Crippen molar-refractivity contribution >= 4 is 14.1 Å². The van der Waals surface area contributed by atoms with Gasteiger partial charge in [-0.15, -0.1) is 0 Å². The Bertz CT molecular complexity index is 395. The van der Waals surface area contributed by atoms with Crippen LogP contribution in [0.1, 0.15) is 5.56 Å². The van der Waals surface area contributed by atoms with Gasteiger partial charge in [-0.25, -0.2) is 0 Å². The van der Waals surface area contributed by atoms with E-state index in [0.717, 1.165) is 5.56 Å². The standard InChI is InChI=1S/C12H15NOSi/c1-15(2,3)13-12(14)10-9-11-7-5-4-6-8-11/h4-8H,1-3H3,(H,13,14). The highest BCUT2D eigenvalue weighted by Crippen LogP contribution is 1.95. The van der Waals surface area contributed by atoms with Crippen molar-refractivity contribution in [3.8, 4) is 11.8 Å². The third-order valence-electron chi connectivity index (χ3n) is 1.58. The SMILES string of the molecule is C[Si](C)(C)NC(=O)C#Cc1ccccc1. The van der Waals surface area contributed by atoms with Crippen molar-refractivity contribution < 1.29 is 4.79 Å². The van der Waals surface area contributed by atoms with Crippen molar-refractivity contribution in [1.82, 2.24) is 4.98 Å². The van der Waals surface area contributed by atoms with E-state index in [1.54, 1.807) is 0 Å². The fraction of sp³-hybridized carbons (Fsp3) is 0.250. The molecule has 1 rings (SSSR count). The van der Waals surface area contributed by atoms with E-state index in [1.807, 2.05) is 30.3 Å². The van der Waals surface area contributed by atoms with Crippen molar-refractivity contribution in [2.75, 3.05) is 0 Å². The lowest BCUT2D eigenvalue weighted by atomic mass is 10.2. The third kappa shape index (κ3) is 5.04. The quantitative estimate of drug-likeness (QED) is 0.565. The number of nitrogens with one attached hydrogen (secondary N) is 1. The zero-order valence-electron chi connectivity index (χ0n) is 9.29. The average Bonchev–Trinajstić information content (AvgIpc) is 2.14. The summed E-state index contributed by atoms with van der Waals surface area (Å²) < 4.78 is 0. The molecule has 0 fully saturated rings. The molecule has 0 unspecified atom stereocenters. The van der Waals surface area contributed by atoms with Crippen molar-refractivity contribution in [3.63, 3.8) is 0 Å². The van der Waals surface area contributed by atoms with Gasteiger partial charge in [0.2, 0.25) is 0 Å². The first-order valence-corrected chi connectivity index (χ1v) is 8.36. The summed E-state index contributed by atoms with van der Waals surface area (Å²) in [5.41, 5.74) is 0.864. The van der Waals surface area contributed by atoms with Crippen molar-refractivity contribution in [2.45, 2.75) is 19.6 Å². The second-order valence-corrected chi connectivity index (χ2v) is 9.07. The topological polar surface area (TPSA) is 29.1 Å². The maximum absolute atomic E-state index is 11.4. The Morgan fingerprint density at radius 2 is 1.80 bits per heavy atom. The molecular weight excluding hydrogens is 202 g/mol. The second kappa shape index (κ2) is 4.81. The Morgan fingerprint density at radius 1 is 1.20 bits per heavy atom. The van der Waals surface area contributed by atoms with Crippen LogP contribution < -0.4 is 4.98 Å². The lowest BCUT2D eigenvalue weighted by Crippen LogP contribution is -2.44. The van der Waals surface area contributed by atoms with Crippen LogP contribution in [0.25, 0.3) is 0 Å². The molecule has 15 heavy (non-hydrogen) atoms. The molecule has 1 aromatic carbocycles. The Hall–Kier alpha value is -1.53. The van der Waals surface area contributed by atoms with Crippen LogP contribution in [0.4, 0.5) is 0 Å². The normalized spacial score (nSPS) is 10.1. The summed E-state index contributed by atoms with van der Waals surface area (Å²) in [4.78, 5) is 14.3. The van der Waals surface area contributed by atoms with Gasteiger partial charge in [0.05, 0.1) is 0 Å². The first kappa shape index (κ1) is 11.5. The Kier molecular flexibility index (Phi) is 3.70. The number of carbonyl (C=O) groups is 1. The zero-order valence-corrected chi connectivity index (χ0v) is 10.3. The molecule has 0 aromatic heterocycles. The Balaban J connectivity index is 2.64. The first-order chi connectivity index (χ1) is 6.97. The summed E-state index contributed by atoms with van der Waals surface area (Å²) in [5, 5.41) is 0. The average molecular weight is 217 g/mol. The number of benzene rings is 1. The van der Waals surface area contributed by atoms with Crippen LogP contribution >= 0.6 is 0 Å². The molecule has 3 heteroatoms. The van der Waals surface area contributed by atoms with E-state index >= 15 is 0 Å². The predicted octanol–water partition coefficient (Wildman–Crippen LogP) is 1.99. The predicted molar refractivity (Wildman–Crippen MR) is 64.8 cm³/mol. The van der Waals surface area contributed by atoms with E-state index in [0.29, 0.717) is 0 Å². The molecule has 0 bridgehead atoms. The van der Waals surface area contributed by atoms with Gasteiger partial charge in [-0.05, 0) is 18.1 Å². The molecule has 2 nitrogen and oxygen atoms in total. The lowest BCUT2D eigenvalue weighted by Gasteiger charge is -2.14. The van der Waals surface area contributed by atoms with Crippen LogP contribution in [0.3, 0.4) is 0 Å². The molecule has 1 N–H and O–H groups in total. The molecule has 1 aromatic rings. The maximum atomic E-state index is 11.4. The molecule has 0 radical (unpaired) electrons. The van der Waals surface area contributed by atoms with Crippen molar-refractivity contribution in [3.05, 3.63) is 35.9 Å². The van der Waals surface area contributed by atoms with E-state index in [2.05, 4.69) is 36.5 Å². The molecule has 0 aliphatic rings. The molecule has 78 valence electrons. The van der Waals surface area contributed by atoms with Gasteiger partial charge in [0.15, 0.2) is 0 Å². The molecule has 0 atom stereocenters. The number of hydrogen-bond donors (Lipinski definition) is 1. The summed E-state index contributed by atoms with van der Waals surface area (Å²) in [7, 11) is -1.56. The zero-order chi connectivity index (χ0) is 11.3. The van der Waals surface area contributed by atoms with Crippen LogP contribution in [-0.4, -0.2) is 14.1 Å². The molecule has 0 heterocycles. The van der Waals surface area contributed by atoms with Gasteiger partial charge in [0.25, 0.3) is 5.91 Å². The second-order valence-electron chi connectivity index (χ2n) is 4.32. The Morgan fingerprint density at radius 3 is 2.33 bits per heavy atom. The van der Waals surface area contributed by atoms with E-state index < -0.39 is 8.24 Å². The maximum Gasteiger partial charge on any atom is 0.288 e. The van der Waals surface area contributed by atoms with Gasteiger partial charge in [0, 0.05) is 5.56 Å². The van der Waals surface area contributed by atoms with Crippen LogP contribution in [0.5, 0.6) is 0 Å². The molecular formula is C12H15NOSi. The van der Waals surface area contributed by atoms with Crippen LogP contribution in [0, 0.1) is 11.8 Å². The molecule has 0 saturated heterocycles. The van der Waals surface area contributed by atoms with Crippen LogP contribution in [-0.2, 0) is 4.79 Å². The Labute approximate surface area is 91.8 Å². The van der Waals surface area contributed by atoms with Gasteiger partial charge in [-0.2, -0.15) is 0 Å². The molecule has 0 saturated carbocycles. The third-order valence-corrected chi connectivity index (χ3v) is 2.56.